The fourth-order valence-electron chi connectivity index (χ4n) is 3.52. The van der Waals surface area contributed by atoms with Gasteiger partial charge in [0.15, 0.2) is 0 Å². The highest BCUT2D eigenvalue weighted by atomic mass is 19.1. The van der Waals surface area contributed by atoms with Crippen LogP contribution in [0, 0.1) is 26.6 Å². The van der Waals surface area contributed by atoms with Gasteiger partial charge in [-0.1, -0.05) is 60.3 Å². The molecule has 3 nitrogen and oxygen atoms in total. The molecular weight excluding hydrogens is 409 g/mol. The predicted molar refractivity (Wildman–Crippen MR) is 139 cm³/mol. The average Bonchev–Trinajstić information content (AvgIpc) is 2.76. The minimum atomic E-state index is -0.212. The van der Waals surface area contributed by atoms with Crippen LogP contribution in [-0.4, -0.2) is 15.0 Å². The molecule has 0 radical (unpaired) electrons. The molecule has 0 saturated carbocycles. The molecule has 3 rings (SSSR count). The highest BCUT2D eigenvalue weighted by Gasteiger charge is 2.06. The van der Waals surface area contributed by atoms with Gasteiger partial charge in [-0.25, -0.2) is 4.39 Å². The molecule has 3 heterocycles. The first kappa shape index (κ1) is 28.2. The van der Waals surface area contributed by atoms with E-state index < -0.39 is 0 Å². The van der Waals surface area contributed by atoms with E-state index in [0.29, 0.717) is 17.8 Å². The van der Waals surface area contributed by atoms with Crippen LogP contribution < -0.4 is 0 Å². The van der Waals surface area contributed by atoms with Crippen LogP contribution >= 0.6 is 0 Å². The Balaban J connectivity index is 0.000000249. The zero-order valence-corrected chi connectivity index (χ0v) is 21.8. The van der Waals surface area contributed by atoms with Gasteiger partial charge in [-0.2, -0.15) is 0 Å². The highest BCUT2D eigenvalue weighted by molar-refractivity contribution is 5.43. The summed E-state index contributed by atoms with van der Waals surface area (Å²) in [6.07, 6.45) is 6.59. The molecule has 0 aromatic carbocycles. The van der Waals surface area contributed by atoms with Crippen molar-refractivity contribution in [3.05, 3.63) is 94.6 Å². The van der Waals surface area contributed by atoms with Crippen LogP contribution in [0.15, 0.2) is 49.4 Å². The fraction of sp³-hybridized carbons (Fsp3) is 0.414. The van der Waals surface area contributed by atoms with Crippen LogP contribution in [0.5, 0.6) is 0 Å². The topological polar surface area (TPSA) is 38.7 Å². The Morgan fingerprint density at radius 2 is 1.36 bits per heavy atom. The fourth-order valence-corrected chi connectivity index (χ4v) is 3.52. The number of rotatable bonds is 4. The van der Waals surface area contributed by atoms with Gasteiger partial charge in [0.25, 0.3) is 0 Å². The maximum absolute atomic E-state index is 12.9. The molecule has 0 bridgehead atoms. The molecular formula is C29H40FN3. The van der Waals surface area contributed by atoms with E-state index in [1.54, 1.807) is 19.2 Å². The molecule has 0 fully saturated rings. The second kappa shape index (κ2) is 13.6. The third-order valence-corrected chi connectivity index (χ3v) is 5.46. The molecule has 33 heavy (non-hydrogen) atoms. The summed E-state index contributed by atoms with van der Waals surface area (Å²) in [4.78, 5) is 12.4. The van der Waals surface area contributed by atoms with E-state index in [1.165, 1.54) is 17.3 Å². The van der Waals surface area contributed by atoms with Crippen molar-refractivity contribution in [1.82, 2.24) is 15.0 Å². The minimum absolute atomic E-state index is 0.212. The zero-order chi connectivity index (χ0) is 25.1. The Labute approximate surface area is 200 Å². The summed E-state index contributed by atoms with van der Waals surface area (Å²) in [7, 11) is 0. The molecule has 0 atom stereocenters. The summed E-state index contributed by atoms with van der Waals surface area (Å²) in [5, 5.41) is 0. The van der Waals surface area contributed by atoms with E-state index in [2.05, 4.69) is 68.3 Å². The van der Waals surface area contributed by atoms with E-state index >= 15 is 0 Å². The lowest BCUT2D eigenvalue weighted by Crippen LogP contribution is -1.96. The summed E-state index contributed by atoms with van der Waals surface area (Å²) < 4.78 is 12.9. The van der Waals surface area contributed by atoms with Crippen molar-refractivity contribution >= 4 is 6.08 Å². The van der Waals surface area contributed by atoms with Gasteiger partial charge in [-0.3, -0.25) is 15.0 Å². The summed E-state index contributed by atoms with van der Waals surface area (Å²) >= 11 is 0. The molecule has 0 N–H and O–H groups in total. The molecule has 0 aliphatic carbocycles. The SMILES string of the molecule is C=Cc1ccc(C(C)C)c(C)n1.Cc1c(F)cncc1C(C)C.Cc1ncccc1C(C)C. The number of aromatic nitrogens is 3. The first-order valence-electron chi connectivity index (χ1n) is 11.6. The maximum atomic E-state index is 12.9. The van der Waals surface area contributed by atoms with Crippen molar-refractivity contribution in [3.8, 4) is 0 Å². The van der Waals surface area contributed by atoms with Gasteiger partial charge in [-0.15, -0.1) is 0 Å². The molecule has 178 valence electrons. The van der Waals surface area contributed by atoms with E-state index in [0.717, 1.165) is 28.2 Å². The van der Waals surface area contributed by atoms with Crippen molar-refractivity contribution in [3.63, 3.8) is 0 Å². The van der Waals surface area contributed by atoms with Gasteiger partial charge >= 0.3 is 0 Å². The highest BCUT2D eigenvalue weighted by Crippen LogP contribution is 2.19. The lowest BCUT2D eigenvalue weighted by molar-refractivity contribution is 0.605. The summed E-state index contributed by atoms with van der Waals surface area (Å²) in [5.41, 5.74) is 7.60. The second-order valence-electron chi connectivity index (χ2n) is 9.09. The van der Waals surface area contributed by atoms with Gasteiger partial charge in [0.2, 0.25) is 0 Å². The van der Waals surface area contributed by atoms with Gasteiger partial charge in [-0.05, 0) is 79.0 Å². The number of nitrogens with zero attached hydrogens (tertiary/aromatic N) is 3. The van der Waals surface area contributed by atoms with Crippen LogP contribution in [0.4, 0.5) is 4.39 Å². The van der Waals surface area contributed by atoms with Crippen LogP contribution in [0.1, 0.15) is 98.6 Å². The van der Waals surface area contributed by atoms with Crippen LogP contribution in [0.25, 0.3) is 6.08 Å². The second-order valence-corrected chi connectivity index (χ2v) is 9.09. The number of pyridine rings is 3. The zero-order valence-electron chi connectivity index (χ0n) is 21.8. The smallest absolute Gasteiger partial charge is 0.144 e. The molecule has 0 amide bonds. The van der Waals surface area contributed by atoms with Crippen molar-refractivity contribution in [2.75, 3.05) is 0 Å². The Morgan fingerprint density at radius 1 is 0.788 bits per heavy atom. The Bertz CT molecular complexity index is 1020. The molecule has 0 aliphatic rings. The molecule has 3 aromatic rings. The molecule has 3 aromatic heterocycles. The lowest BCUT2D eigenvalue weighted by atomic mass is 10.0. The third-order valence-electron chi connectivity index (χ3n) is 5.46. The first-order chi connectivity index (χ1) is 15.5. The number of aryl methyl sites for hydroxylation is 2. The predicted octanol–water partition coefficient (Wildman–Crippen LogP) is 8.32. The number of hydrogen-bond donors (Lipinski definition) is 0. The third kappa shape index (κ3) is 8.88. The molecule has 0 spiro atoms. The van der Waals surface area contributed by atoms with Crippen LogP contribution in [0.2, 0.25) is 0 Å². The van der Waals surface area contributed by atoms with Crippen molar-refractivity contribution in [1.29, 1.82) is 0 Å². The van der Waals surface area contributed by atoms with Gasteiger partial charge in [0.05, 0.1) is 11.9 Å². The maximum Gasteiger partial charge on any atom is 0.144 e. The average molecular weight is 450 g/mol. The first-order valence-corrected chi connectivity index (χ1v) is 11.6. The number of hydrogen-bond acceptors (Lipinski definition) is 3. The molecule has 0 unspecified atom stereocenters. The monoisotopic (exact) mass is 449 g/mol. The van der Waals surface area contributed by atoms with E-state index in [-0.39, 0.29) is 5.82 Å². The van der Waals surface area contributed by atoms with Gasteiger partial charge in [0, 0.05) is 23.8 Å². The summed E-state index contributed by atoms with van der Waals surface area (Å²) in [5.74, 6) is 1.28. The minimum Gasteiger partial charge on any atom is -0.261 e. The normalized spacial score (nSPS) is 10.5. The van der Waals surface area contributed by atoms with Gasteiger partial charge < -0.3 is 0 Å². The van der Waals surface area contributed by atoms with E-state index in [4.69, 9.17) is 0 Å². The van der Waals surface area contributed by atoms with Crippen molar-refractivity contribution < 1.29 is 4.39 Å². The van der Waals surface area contributed by atoms with Crippen LogP contribution in [0.3, 0.4) is 0 Å². The van der Waals surface area contributed by atoms with E-state index in [1.807, 2.05) is 39.1 Å². The van der Waals surface area contributed by atoms with Crippen LogP contribution in [-0.2, 0) is 0 Å². The quantitative estimate of drug-likeness (QED) is 0.402. The van der Waals surface area contributed by atoms with Crippen molar-refractivity contribution in [2.24, 2.45) is 0 Å². The standard InChI is InChI=1S/C11H15N.C9H12FN.C9H13N/c1-5-10-6-7-11(8(2)3)9(4)12-10;1-6(2)8-4-11-5-9(10)7(8)3;1-7(2)9-5-4-6-10-8(9)3/h5-8H,1H2,2-4H3;4-6H,1-3H3;4-7H,1-3H3. The summed E-state index contributed by atoms with van der Waals surface area (Å²) in [6.45, 7) is 22.4. The van der Waals surface area contributed by atoms with Crippen molar-refractivity contribution in [2.45, 2.75) is 80.1 Å². The number of halogens is 1. The van der Waals surface area contributed by atoms with E-state index in [9.17, 15) is 4.39 Å². The Kier molecular flexibility index (Phi) is 11.6. The molecule has 0 aliphatic heterocycles. The Morgan fingerprint density at radius 3 is 1.79 bits per heavy atom. The van der Waals surface area contributed by atoms with Gasteiger partial charge in [0.1, 0.15) is 5.82 Å². The molecule has 4 heteroatoms. The summed E-state index contributed by atoms with van der Waals surface area (Å²) in [6, 6.07) is 8.26. The Hall–Kier alpha value is -2.88. The largest absolute Gasteiger partial charge is 0.261 e. The lowest BCUT2D eigenvalue weighted by Gasteiger charge is -2.08. The molecule has 0 saturated heterocycles.